The lowest BCUT2D eigenvalue weighted by Gasteiger charge is -2.10. The number of aromatic nitrogens is 2. The van der Waals surface area contributed by atoms with Gasteiger partial charge in [0.2, 0.25) is 5.43 Å². The van der Waals surface area contributed by atoms with E-state index in [4.69, 9.17) is 9.15 Å². The number of carbonyl (C=O) groups excluding carboxylic acids is 1. The molecule has 0 spiro atoms. The Morgan fingerprint density at radius 1 is 1.33 bits per heavy atom. The van der Waals surface area contributed by atoms with Crippen LogP contribution in [0.3, 0.4) is 0 Å². The Morgan fingerprint density at radius 3 is 2.92 bits per heavy atom. The number of ether oxygens (including phenoxy) is 1. The highest BCUT2D eigenvalue weighted by molar-refractivity contribution is 5.91. The normalized spacial score (nSPS) is 10.5. The van der Waals surface area contributed by atoms with Gasteiger partial charge in [0.15, 0.2) is 5.58 Å². The number of aromatic amines is 1. The number of H-pyrrole nitrogens is 1. The largest absolute Gasteiger partial charge is 0.453 e. The van der Waals surface area contributed by atoms with E-state index in [0.717, 1.165) is 0 Å². The summed E-state index contributed by atoms with van der Waals surface area (Å²) in [6.07, 6.45) is 0.569. The summed E-state index contributed by atoms with van der Waals surface area (Å²) in [4.78, 5) is 40.9. The molecule has 3 aromatic rings. The SMILES string of the molecule is CCOC(=O)Nc1ccccc1-c1cc(=O)c2[nH]c(=O)ncc2o1. The molecular formula is C16H13N3O5. The van der Waals surface area contributed by atoms with E-state index >= 15 is 0 Å². The number of fused-ring (bicyclic) bond motifs is 1. The Kier molecular flexibility index (Phi) is 4.11. The Labute approximate surface area is 135 Å². The first-order chi connectivity index (χ1) is 11.6. The first-order valence-electron chi connectivity index (χ1n) is 7.15. The van der Waals surface area contributed by atoms with Gasteiger partial charge in [0.1, 0.15) is 11.3 Å². The number of benzene rings is 1. The molecule has 3 rings (SSSR count). The molecule has 8 nitrogen and oxygen atoms in total. The molecule has 0 aliphatic heterocycles. The van der Waals surface area contributed by atoms with Crippen LogP contribution in [-0.2, 0) is 4.74 Å². The van der Waals surface area contributed by atoms with Gasteiger partial charge in [-0.3, -0.25) is 15.1 Å². The molecule has 0 aliphatic rings. The zero-order valence-electron chi connectivity index (χ0n) is 12.7. The summed E-state index contributed by atoms with van der Waals surface area (Å²) in [7, 11) is 0. The summed E-state index contributed by atoms with van der Waals surface area (Å²) in [5, 5.41) is 2.59. The summed E-state index contributed by atoms with van der Waals surface area (Å²) in [6.45, 7) is 1.93. The fraction of sp³-hybridized carbons (Fsp3) is 0.125. The first kappa shape index (κ1) is 15.5. The standard InChI is InChI=1S/C16H13N3O5/c1-2-23-16(22)18-10-6-4-3-5-9(10)12-7-11(20)14-13(24-12)8-17-15(21)19-14/h3-8H,2H2,1H3,(H,18,22)(H,17,19,21). The quantitative estimate of drug-likeness (QED) is 0.761. The highest BCUT2D eigenvalue weighted by Gasteiger charge is 2.13. The molecule has 0 aliphatic carbocycles. The van der Waals surface area contributed by atoms with E-state index in [1.807, 2.05) is 0 Å². The maximum absolute atomic E-state index is 12.2. The third-order valence-corrected chi connectivity index (χ3v) is 3.21. The van der Waals surface area contributed by atoms with Crippen molar-refractivity contribution in [3.63, 3.8) is 0 Å². The van der Waals surface area contributed by atoms with Gasteiger partial charge >= 0.3 is 11.8 Å². The minimum Gasteiger partial charge on any atom is -0.453 e. The second kappa shape index (κ2) is 6.37. The van der Waals surface area contributed by atoms with Gasteiger partial charge in [0, 0.05) is 11.6 Å². The second-order valence-electron chi connectivity index (χ2n) is 4.79. The predicted octanol–water partition coefficient (Wildman–Crippen LogP) is 2.11. The molecule has 0 saturated heterocycles. The molecule has 0 atom stereocenters. The number of rotatable bonds is 3. The van der Waals surface area contributed by atoms with Crippen molar-refractivity contribution in [2.75, 3.05) is 11.9 Å². The highest BCUT2D eigenvalue weighted by atomic mass is 16.5. The summed E-state index contributed by atoms with van der Waals surface area (Å²) >= 11 is 0. The molecule has 2 aromatic heterocycles. The van der Waals surface area contributed by atoms with Crippen molar-refractivity contribution in [3.8, 4) is 11.3 Å². The summed E-state index contributed by atoms with van der Waals surface area (Å²) in [6, 6.07) is 8.04. The maximum atomic E-state index is 12.2. The van der Waals surface area contributed by atoms with Crippen molar-refractivity contribution in [3.05, 3.63) is 57.2 Å². The van der Waals surface area contributed by atoms with Gasteiger partial charge in [0.05, 0.1) is 18.5 Å². The second-order valence-corrected chi connectivity index (χ2v) is 4.79. The van der Waals surface area contributed by atoms with E-state index in [1.54, 1.807) is 31.2 Å². The lowest BCUT2D eigenvalue weighted by atomic mass is 10.1. The van der Waals surface area contributed by atoms with Crippen LogP contribution in [0.25, 0.3) is 22.4 Å². The van der Waals surface area contributed by atoms with Crippen molar-refractivity contribution in [1.82, 2.24) is 9.97 Å². The van der Waals surface area contributed by atoms with Crippen LogP contribution in [0.15, 0.2) is 50.5 Å². The Morgan fingerprint density at radius 2 is 2.12 bits per heavy atom. The van der Waals surface area contributed by atoms with Gasteiger partial charge in [-0.25, -0.2) is 9.59 Å². The van der Waals surface area contributed by atoms with Crippen LogP contribution >= 0.6 is 0 Å². The van der Waals surface area contributed by atoms with Crippen LogP contribution in [0.5, 0.6) is 0 Å². The molecular weight excluding hydrogens is 314 g/mol. The number of para-hydroxylation sites is 1. The topological polar surface area (TPSA) is 114 Å². The van der Waals surface area contributed by atoms with Crippen molar-refractivity contribution in [1.29, 1.82) is 0 Å². The molecule has 8 heteroatoms. The minimum atomic E-state index is -0.632. The van der Waals surface area contributed by atoms with Crippen LogP contribution in [0.4, 0.5) is 10.5 Å². The smallest absolute Gasteiger partial charge is 0.411 e. The Balaban J connectivity index is 2.11. The van der Waals surface area contributed by atoms with E-state index in [2.05, 4.69) is 15.3 Å². The number of hydrogen-bond donors (Lipinski definition) is 2. The zero-order chi connectivity index (χ0) is 17.1. The van der Waals surface area contributed by atoms with Crippen molar-refractivity contribution >= 4 is 22.9 Å². The van der Waals surface area contributed by atoms with E-state index in [-0.39, 0.29) is 23.5 Å². The predicted molar refractivity (Wildman–Crippen MR) is 87.0 cm³/mol. The van der Waals surface area contributed by atoms with Crippen molar-refractivity contribution in [2.45, 2.75) is 6.92 Å². The molecule has 1 aromatic carbocycles. The lowest BCUT2D eigenvalue weighted by molar-refractivity contribution is 0.168. The third-order valence-electron chi connectivity index (χ3n) is 3.21. The summed E-state index contributed by atoms with van der Waals surface area (Å²) in [5.74, 6) is 0.230. The first-order valence-corrected chi connectivity index (χ1v) is 7.15. The summed E-state index contributed by atoms with van der Waals surface area (Å²) in [5.41, 5.74) is 0.0489. The Hall–Kier alpha value is -3.42. The number of nitrogens with one attached hydrogen (secondary N) is 2. The fourth-order valence-electron chi connectivity index (χ4n) is 2.20. The lowest BCUT2D eigenvalue weighted by Crippen LogP contribution is -2.15. The highest BCUT2D eigenvalue weighted by Crippen LogP contribution is 2.28. The molecule has 0 radical (unpaired) electrons. The molecule has 0 unspecified atom stereocenters. The van der Waals surface area contributed by atoms with Gasteiger partial charge in [-0.2, -0.15) is 4.98 Å². The number of hydrogen-bond acceptors (Lipinski definition) is 6. The van der Waals surface area contributed by atoms with Crippen molar-refractivity contribution in [2.24, 2.45) is 0 Å². The van der Waals surface area contributed by atoms with Gasteiger partial charge in [-0.1, -0.05) is 12.1 Å². The molecule has 122 valence electrons. The number of nitrogens with zero attached hydrogens (tertiary/aromatic N) is 1. The van der Waals surface area contributed by atoms with E-state index < -0.39 is 17.2 Å². The number of carbonyl (C=O) groups is 1. The monoisotopic (exact) mass is 327 g/mol. The third kappa shape index (κ3) is 3.02. The van der Waals surface area contributed by atoms with Crippen LogP contribution in [0, 0.1) is 0 Å². The van der Waals surface area contributed by atoms with E-state index in [9.17, 15) is 14.4 Å². The Bertz CT molecular complexity index is 1020. The average Bonchev–Trinajstić information content (AvgIpc) is 2.56. The van der Waals surface area contributed by atoms with Gasteiger partial charge in [-0.15, -0.1) is 0 Å². The molecule has 2 heterocycles. The van der Waals surface area contributed by atoms with Crippen molar-refractivity contribution < 1.29 is 13.9 Å². The van der Waals surface area contributed by atoms with Crippen LogP contribution in [-0.4, -0.2) is 22.7 Å². The van der Waals surface area contributed by atoms with Gasteiger partial charge in [-0.05, 0) is 19.1 Å². The van der Waals surface area contributed by atoms with Gasteiger partial charge in [0.25, 0.3) is 0 Å². The molecule has 24 heavy (non-hydrogen) atoms. The van der Waals surface area contributed by atoms with Gasteiger partial charge < -0.3 is 9.15 Å². The zero-order valence-corrected chi connectivity index (χ0v) is 12.7. The fourth-order valence-corrected chi connectivity index (χ4v) is 2.20. The molecule has 0 saturated carbocycles. The van der Waals surface area contributed by atoms with E-state index in [1.165, 1.54) is 12.3 Å². The van der Waals surface area contributed by atoms with E-state index in [0.29, 0.717) is 11.3 Å². The minimum absolute atomic E-state index is 0.0367. The van der Waals surface area contributed by atoms with Crippen LogP contribution < -0.4 is 16.4 Å². The van der Waals surface area contributed by atoms with Crippen LogP contribution in [0.2, 0.25) is 0 Å². The molecule has 0 bridgehead atoms. The number of amides is 1. The van der Waals surface area contributed by atoms with Crippen LogP contribution in [0.1, 0.15) is 6.92 Å². The average molecular weight is 327 g/mol. The maximum Gasteiger partial charge on any atom is 0.411 e. The molecule has 2 N–H and O–H groups in total. The number of anilines is 1. The molecule has 0 fully saturated rings. The molecule has 1 amide bonds. The summed E-state index contributed by atoms with van der Waals surface area (Å²) < 4.78 is 10.5.